The molecule has 0 aliphatic rings. The van der Waals surface area contributed by atoms with Gasteiger partial charge in [0, 0.05) is 22.7 Å². The highest BCUT2D eigenvalue weighted by Crippen LogP contribution is 2.39. The van der Waals surface area contributed by atoms with Gasteiger partial charge in [0.25, 0.3) is 0 Å². The molecule has 6 aromatic rings. The highest BCUT2D eigenvalue weighted by Gasteiger charge is 2.30. The zero-order chi connectivity index (χ0) is 24.9. The topological polar surface area (TPSA) is 17.3 Å². The lowest BCUT2D eigenvalue weighted by molar-refractivity contribution is -0.137. The molecule has 0 fully saturated rings. The molecule has 0 N–H and O–H groups in total. The summed E-state index contributed by atoms with van der Waals surface area (Å²) in [5.41, 5.74) is 7.83. The number of alkyl halides is 3. The van der Waals surface area contributed by atoms with Crippen molar-refractivity contribution in [1.82, 2.24) is 9.38 Å². The Morgan fingerprint density at radius 1 is 0.667 bits per heavy atom. The number of fused-ring (bicyclic) bond motifs is 3. The van der Waals surface area contributed by atoms with Crippen molar-refractivity contribution < 1.29 is 13.2 Å². The second-order valence-corrected chi connectivity index (χ2v) is 8.83. The number of para-hydroxylation sites is 1. The third kappa shape index (κ3) is 3.64. The minimum Gasteiger partial charge on any atom is -0.309 e. The van der Waals surface area contributed by atoms with Gasteiger partial charge in [0.05, 0.1) is 28.0 Å². The first-order valence-electron chi connectivity index (χ1n) is 11.6. The standard InChI is InChI=1S/C31H21F3N2/c1-20-25-10-5-6-12-27(25)36-28(20)18-23(21-13-15-24(16-14-21)31(32,33)34)19-29(36)26-11-7-17-35-30(26)22-8-3-2-4-9-22/h2-19H,1H3. The van der Waals surface area contributed by atoms with Crippen LogP contribution >= 0.6 is 0 Å². The zero-order valence-corrected chi connectivity index (χ0v) is 19.4. The summed E-state index contributed by atoms with van der Waals surface area (Å²) >= 11 is 0. The van der Waals surface area contributed by atoms with Crippen molar-refractivity contribution in [2.75, 3.05) is 0 Å². The van der Waals surface area contributed by atoms with E-state index < -0.39 is 11.7 Å². The highest BCUT2D eigenvalue weighted by atomic mass is 19.4. The van der Waals surface area contributed by atoms with Crippen LogP contribution in [0.1, 0.15) is 11.1 Å². The fourth-order valence-electron chi connectivity index (χ4n) is 4.91. The average Bonchev–Trinajstić information content (AvgIpc) is 3.20. The van der Waals surface area contributed by atoms with E-state index in [0.29, 0.717) is 0 Å². The molecular formula is C31H21F3N2. The molecule has 176 valence electrons. The highest BCUT2D eigenvalue weighted by molar-refractivity contribution is 5.97. The minimum absolute atomic E-state index is 0.657. The Labute approximate surface area is 206 Å². The molecule has 0 spiro atoms. The average molecular weight is 479 g/mol. The van der Waals surface area contributed by atoms with Gasteiger partial charge >= 0.3 is 6.18 Å². The Morgan fingerprint density at radius 3 is 2.14 bits per heavy atom. The molecular weight excluding hydrogens is 457 g/mol. The Hall–Kier alpha value is -4.38. The van der Waals surface area contributed by atoms with Crippen molar-refractivity contribution in [3.05, 3.63) is 120 Å². The van der Waals surface area contributed by atoms with Crippen LogP contribution in [-0.4, -0.2) is 9.38 Å². The first-order valence-corrected chi connectivity index (χ1v) is 11.6. The molecule has 2 nitrogen and oxygen atoms in total. The van der Waals surface area contributed by atoms with E-state index in [4.69, 9.17) is 4.98 Å². The maximum Gasteiger partial charge on any atom is 0.416 e. The summed E-state index contributed by atoms with van der Waals surface area (Å²) in [4.78, 5) is 4.72. The number of hydrogen-bond donors (Lipinski definition) is 0. The van der Waals surface area contributed by atoms with Crippen LogP contribution in [0.2, 0.25) is 0 Å². The van der Waals surface area contributed by atoms with E-state index in [1.165, 1.54) is 12.1 Å². The van der Waals surface area contributed by atoms with Crippen LogP contribution in [0.25, 0.3) is 50.1 Å². The molecule has 3 aromatic heterocycles. The van der Waals surface area contributed by atoms with E-state index in [9.17, 15) is 13.2 Å². The van der Waals surface area contributed by atoms with Crippen LogP contribution < -0.4 is 0 Å². The maximum absolute atomic E-state index is 13.2. The van der Waals surface area contributed by atoms with E-state index in [1.807, 2.05) is 60.7 Å². The Morgan fingerprint density at radius 2 is 1.39 bits per heavy atom. The molecule has 0 saturated carbocycles. The smallest absolute Gasteiger partial charge is 0.309 e. The summed E-state index contributed by atoms with van der Waals surface area (Å²) in [5.74, 6) is 0. The summed E-state index contributed by atoms with van der Waals surface area (Å²) in [5, 5.41) is 1.13. The number of nitrogens with zero attached hydrogens (tertiary/aromatic N) is 2. The molecule has 0 atom stereocenters. The zero-order valence-electron chi connectivity index (χ0n) is 19.4. The van der Waals surface area contributed by atoms with Gasteiger partial charge in [-0.05, 0) is 66.1 Å². The maximum atomic E-state index is 13.2. The van der Waals surface area contributed by atoms with E-state index in [1.54, 1.807) is 6.20 Å². The lowest BCUT2D eigenvalue weighted by atomic mass is 9.98. The first kappa shape index (κ1) is 22.1. The summed E-state index contributed by atoms with van der Waals surface area (Å²) in [6.45, 7) is 2.08. The van der Waals surface area contributed by atoms with Crippen molar-refractivity contribution in [1.29, 1.82) is 0 Å². The summed E-state index contributed by atoms with van der Waals surface area (Å²) in [7, 11) is 0. The van der Waals surface area contributed by atoms with Crippen LogP contribution in [0.3, 0.4) is 0 Å². The fourth-order valence-corrected chi connectivity index (χ4v) is 4.91. The van der Waals surface area contributed by atoms with Gasteiger partial charge in [0.1, 0.15) is 0 Å². The van der Waals surface area contributed by atoms with E-state index in [-0.39, 0.29) is 0 Å². The minimum atomic E-state index is -4.37. The van der Waals surface area contributed by atoms with Gasteiger partial charge < -0.3 is 4.40 Å². The van der Waals surface area contributed by atoms with Crippen LogP contribution in [-0.2, 0) is 6.18 Å². The van der Waals surface area contributed by atoms with Gasteiger partial charge in [-0.15, -0.1) is 0 Å². The Kier molecular flexibility index (Phi) is 5.15. The van der Waals surface area contributed by atoms with Crippen molar-refractivity contribution in [2.24, 2.45) is 0 Å². The number of pyridine rings is 2. The van der Waals surface area contributed by atoms with Crippen LogP contribution in [0.5, 0.6) is 0 Å². The van der Waals surface area contributed by atoms with E-state index in [2.05, 4.69) is 29.5 Å². The monoisotopic (exact) mass is 478 g/mol. The van der Waals surface area contributed by atoms with E-state index >= 15 is 0 Å². The van der Waals surface area contributed by atoms with Gasteiger partial charge in [-0.2, -0.15) is 13.2 Å². The van der Waals surface area contributed by atoms with Crippen LogP contribution in [0, 0.1) is 6.92 Å². The summed E-state index contributed by atoms with van der Waals surface area (Å²) in [6, 6.07) is 31.6. The molecule has 36 heavy (non-hydrogen) atoms. The van der Waals surface area contributed by atoms with Crippen LogP contribution in [0.4, 0.5) is 13.2 Å². The molecule has 6 rings (SSSR count). The van der Waals surface area contributed by atoms with Crippen LogP contribution in [0.15, 0.2) is 109 Å². The van der Waals surface area contributed by atoms with Gasteiger partial charge in [0.15, 0.2) is 0 Å². The molecule has 0 saturated heterocycles. The predicted molar refractivity (Wildman–Crippen MR) is 139 cm³/mol. The fraction of sp³-hybridized carbons (Fsp3) is 0.0645. The third-order valence-corrected chi connectivity index (χ3v) is 6.68. The normalized spacial score (nSPS) is 11.9. The first-order chi connectivity index (χ1) is 17.4. The number of rotatable bonds is 3. The van der Waals surface area contributed by atoms with Crippen molar-refractivity contribution in [3.8, 4) is 33.6 Å². The molecule has 0 aliphatic heterocycles. The SMILES string of the molecule is Cc1c2ccccc2n2c(-c3cccnc3-c3ccccc3)cc(-c3ccc(C(F)(F)F)cc3)cc12. The molecule has 0 aliphatic carbocycles. The Bertz CT molecular complexity index is 1710. The quantitative estimate of drug-likeness (QED) is 0.248. The largest absolute Gasteiger partial charge is 0.416 e. The number of halogens is 3. The summed E-state index contributed by atoms with van der Waals surface area (Å²) in [6.07, 6.45) is -2.59. The predicted octanol–water partition coefficient (Wildman–Crippen LogP) is 8.82. The lowest BCUT2D eigenvalue weighted by Crippen LogP contribution is -2.04. The molecule has 3 aromatic carbocycles. The van der Waals surface area contributed by atoms with Crippen molar-refractivity contribution in [3.63, 3.8) is 0 Å². The number of aromatic nitrogens is 2. The third-order valence-electron chi connectivity index (χ3n) is 6.68. The molecule has 0 bridgehead atoms. The van der Waals surface area contributed by atoms with Gasteiger partial charge in [-0.25, -0.2) is 0 Å². The second kappa shape index (κ2) is 8.38. The summed E-state index contributed by atoms with van der Waals surface area (Å²) < 4.78 is 41.8. The molecule has 0 radical (unpaired) electrons. The van der Waals surface area contributed by atoms with Gasteiger partial charge in [0.2, 0.25) is 0 Å². The van der Waals surface area contributed by atoms with Gasteiger partial charge in [-0.1, -0.05) is 60.7 Å². The number of benzene rings is 3. The molecule has 5 heteroatoms. The molecule has 0 amide bonds. The number of hydrogen-bond acceptors (Lipinski definition) is 1. The van der Waals surface area contributed by atoms with Gasteiger partial charge in [-0.3, -0.25) is 4.98 Å². The second-order valence-electron chi connectivity index (χ2n) is 8.83. The van der Waals surface area contributed by atoms with Crippen molar-refractivity contribution in [2.45, 2.75) is 13.1 Å². The molecule has 3 heterocycles. The van der Waals surface area contributed by atoms with E-state index in [0.717, 1.165) is 67.8 Å². The Balaban J connectivity index is 1.67. The number of aryl methyl sites for hydroxylation is 1. The molecule has 0 unspecified atom stereocenters. The van der Waals surface area contributed by atoms with Crippen molar-refractivity contribution >= 4 is 16.4 Å². The lowest BCUT2D eigenvalue weighted by Gasteiger charge is -2.15.